The lowest BCUT2D eigenvalue weighted by molar-refractivity contribution is -0.180. The van der Waals surface area contributed by atoms with E-state index < -0.39 is 24.5 Å². The van der Waals surface area contributed by atoms with Gasteiger partial charge in [-0.25, -0.2) is 4.79 Å². The SMILES string of the molecule is COC(=O)[C@H](CO)N(Oc1ccc(Cl)cc1)C(C)=O. The second-order valence-corrected chi connectivity index (χ2v) is 4.05. The van der Waals surface area contributed by atoms with Crippen LogP contribution in [-0.4, -0.2) is 41.8 Å². The topological polar surface area (TPSA) is 76.1 Å². The van der Waals surface area contributed by atoms with E-state index in [-0.39, 0.29) is 0 Å². The van der Waals surface area contributed by atoms with Gasteiger partial charge < -0.3 is 14.7 Å². The monoisotopic (exact) mass is 287 g/mol. The quantitative estimate of drug-likeness (QED) is 0.646. The molecule has 1 aromatic carbocycles. The second kappa shape index (κ2) is 6.96. The molecule has 0 fully saturated rings. The first-order chi connectivity index (χ1) is 8.99. The third-order valence-electron chi connectivity index (χ3n) is 2.26. The number of ether oxygens (including phenoxy) is 1. The summed E-state index contributed by atoms with van der Waals surface area (Å²) in [6.07, 6.45) is 0. The van der Waals surface area contributed by atoms with Crippen LogP contribution in [0, 0.1) is 0 Å². The van der Waals surface area contributed by atoms with Crippen LogP contribution in [-0.2, 0) is 14.3 Å². The van der Waals surface area contributed by atoms with Gasteiger partial charge in [-0.1, -0.05) is 11.6 Å². The minimum atomic E-state index is -1.22. The largest absolute Gasteiger partial charge is 0.467 e. The fraction of sp³-hybridized carbons (Fsp3) is 0.333. The fourth-order valence-corrected chi connectivity index (χ4v) is 1.46. The number of carbonyl (C=O) groups excluding carboxylic acids is 2. The van der Waals surface area contributed by atoms with Gasteiger partial charge in [0.05, 0.1) is 13.7 Å². The number of esters is 1. The third-order valence-corrected chi connectivity index (χ3v) is 2.51. The van der Waals surface area contributed by atoms with E-state index in [0.717, 1.165) is 12.2 Å². The normalized spacial score (nSPS) is 11.6. The van der Waals surface area contributed by atoms with E-state index in [1.54, 1.807) is 12.1 Å². The summed E-state index contributed by atoms with van der Waals surface area (Å²) in [6, 6.07) is 4.98. The molecule has 0 aliphatic heterocycles. The van der Waals surface area contributed by atoms with Crippen molar-refractivity contribution in [1.29, 1.82) is 0 Å². The Labute approximate surface area is 115 Å². The Morgan fingerprint density at radius 3 is 2.37 bits per heavy atom. The number of aliphatic hydroxyl groups excluding tert-OH is 1. The summed E-state index contributed by atoms with van der Waals surface area (Å²) in [6.45, 7) is 0.599. The van der Waals surface area contributed by atoms with Crippen LogP contribution in [0.2, 0.25) is 5.02 Å². The predicted octanol–water partition coefficient (Wildman–Crippen LogP) is 1.02. The average molecular weight is 288 g/mol. The van der Waals surface area contributed by atoms with Crippen molar-refractivity contribution < 1.29 is 24.3 Å². The Balaban J connectivity index is 2.91. The van der Waals surface area contributed by atoms with Crippen molar-refractivity contribution in [3.63, 3.8) is 0 Å². The van der Waals surface area contributed by atoms with Crippen LogP contribution in [0.5, 0.6) is 5.75 Å². The van der Waals surface area contributed by atoms with Gasteiger partial charge in [0, 0.05) is 11.9 Å². The number of hydroxylamine groups is 2. The molecule has 1 rings (SSSR count). The van der Waals surface area contributed by atoms with Crippen LogP contribution < -0.4 is 4.84 Å². The summed E-state index contributed by atoms with van der Waals surface area (Å²) >= 11 is 5.72. The van der Waals surface area contributed by atoms with E-state index in [4.69, 9.17) is 16.4 Å². The number of amides is 1. The molecule has 104 valence electrons. The molecule has 0 saturated heterocycles. The fourth-order valence-electron chi connectivity index (χ4n) is 1.34. The molecule has 19 heavy (non-hydrogen) atoms. The number of aliphatic hydroxyl groups is 1. The molecule has 0 radical (unpaired) electrons. The highest BCUT2D eigenvalue weighted by Gasteiger charge is 2.30. The molecule has 0 aliphatic rings. The highest BCUT2D eigenvalue weighted by Crippen LogP contribution is 2.18. The second-order valence-electron chi connectivity index (χ2n) is 3.61. The molecular formula is C12H14ClNO5. The first-order valence-corrected chi connectivity index (χ1v) is 5.79. The van der Waals surface area contributed by atoms with Gasteiger partial charge in [-0.15, -0.1) is 0 Å². The van der Waals surface area contributed by atoms with E-state index in [2.05, 4.69) is 4.74 Å². The smallest absolute Gasteiger partial charge is 0.334 e. The number of rotatable bonds is 5. The maximum Gasteiger partial charge on any atom is 0.334 e. The molecule has 0 aliphatic carbocycles. The molecule has 0 heterocycles. The zero-order chi connectivity index (χ0) is 14.4. The van der Waals surface area contributed by atoms with Crippen LogP contribution in [0.25, 0.3) is 0 Å². The van der Waals surface area contributed by atoms with Gasteiger partial charge in [0.2, 0.25) is 0 Å². The molecule has 0 aromatic heterocycles. The lowest BCUT2D eigenvalue weighted by Crippen LogP contribution is -2.48. The van der Waals surface area contributed by atoms with E-state index in [1.165, 1.54) is 19.1 Å². The maximum atomic E-state index is 11.5. The van der Waals surface area contributed by atoms with Crippen LogP contribution in [0.3, 0.4) is 0 Å². The summed E-state index contributed by atoms with van der Waals surface area (Å²) in [5.41, 5.74) is 0. The van der Waals surface area contributed by atoms with Crippen molar-refractivity contribution in [2.24, 2.45) is 0 Å². The van der Waals surface area contributed by atoms with Gasteiger partial charge in [-0.2, -0.15) is 5.06 Å². The standard InChI is InChI=1S/C12H14ClNO5/c1-8(16)14(11(7-15)12(17)18-2)19-10-5-3-9(13)4-6-10/h3-6,11,15H,7H2,1-2H3/t11-/m0/s1. The first-order valence-electron chi connectivity index (χ1n) is 5.41. The van der Waals surface area contributed by atoms with Gasteiger partial charge in [0.15, 0.2) is 11.8 Å². The van der Waals surface area contributed by atoms with Crippen molar-refractivity contribution >= 4 is 23.5 Å². The molecule has 1 amide bonds. The third kappa shape index (κ3) is 4.11. The van der Waals surface area contributed by atoms with Gasteiger partial charge >= 0.3 is 5.97 Å². The Morgan fingerprint density at radius 1 is 1.37 bits per heavy atom. The van der Waals surface area contributed by atoms with E-state index >= 15 is 0 Å². The highest BCUT2D eigenvalue weighted by molar-refractivity contribution is 6.30. The summed E-state index contributed by atoms with van der Waals surface area (Å²) < 4.78 is 4.50. The van der Waals surface area contributed by atoms with E-state index in [0.29, 0.717) is 10.8 Å². The van der Waals surface area contributed by atoms with Crippen molar-refractivity contribution in [2.75, 3.05) is 13.7 Å². The molecule has 0 saturated carbocycles. The minimum absolute atomic E-state index is 0.307. The van der Waals surface area contributed by atoms with Gasteiger partial charge in [0.1, 0.15) is 0 Å². The average Bonchev–Trinajstić information content (AvgIpc) is 2.40. The Morgan fingerprint density at radius 2 is 1.95 bits per heavy atom. The van der Waals surface area contributed by atoms with Gasteiger partial charge in [0.25, 0.3) is 5.91 Å². The Kier molecular flexibility index (Phi) is 5.59. The van der Waals surface area contributed by atoms with E-state index in [9.17, 15) is 14.7 Å². The molecule has 1 N–H and O–H groups in total. The molecule has 1 atom stereocenters. The summed E-state index contributed by atoms with van der Waals surface area (Å²) in [5, 5.41) is 10.4. The predicted molar refractivity (Wildman–Crippen MR) is 67.5 cm³/mol. The molecule has 1 aromatic rings. The van der Waals surface area contributed by atoms with Crippen molar-refractivity contribution in [1.82, 2.24) is 5.06 Å². The van der Waals surface area contributed by atoms with Crippen molar-refractivity contribution in [2.45, 2.75) is 13.0 Å². The molecule has 6 nitrogen and oxygen atoms in total. The zero-order valence-corrected chi connectivity index (χ0v) is 11.3. The lowest BCUT2D eigenvalue weighted by atomic mass is 10.3. The van der Waals surface area contributed by atoms with Crippen LogP contribution in [0.1, 0.15) is 6.92 Å². The summed E-state index contributed by atoms with van der Waals surface area (Å²) in [4.78, 5) is 28.2. The maximum absolute atomic E-state index is 11.5. The molecule has 0 spiro atoms. The van der Waals surface area contributed by atoms with Crippen LogP contribution in [0.15, 0.2) is 24.3 Å². The number of hydrogen-bond donors (Lipinski definition) is 1. The lowest BCUT2D eigenvalue weighted by Gasteiger charge is -2.26. The van der Waals surface area contributed by atoms with Gasteiger partial charge in [-0.05, 0) is 24.3 Å². The summed E-state index contributed by atoms with van der Waals surface area (Å²) in [7, 11) is 1.16. The number of nitrogens with zero attached hydrogens (tertiary/aromatic N) is 1. The summed E-state index contributed by atoms with van der Waals surface area (Å²) in [5.74, 6) is -1.01. The highest BCUT2D eigenvalue weighted by atomic mass is 35.5. The Bertz CT molecular complexity index is 448. The van der Waals surface area contributed by atoms with Crippen LogP contribution >= 0.6 is 11.6 Å². The minimum Gasteiger partial charge on any atom is -0.467 e. The molecular weight excluding hydrogens is 274 g/mol. The van der Waals surface area contributed by atoms with Crippen molar-refractivity contribution in [3.05, 3.63) is 29.3 Å². The number of halogens is 1. The van der Waals surface area contributed by atoms with E-state index in [1.807, 2.05) is 0 Å². The Hall–Kier alpha value is -1.79. The number of methoxy groups -OCH3 is 1. The number of hydrogen-bond acceptors (Lipinski definition) is 5. The first kappa shape index (κ1) is 15.3. The number of benzene rings is 1. The molecule has 0 bridgehead atoms. The molecule has 7 heteroatoms. The molecule has 0 unspecified atom stereocenters. The van der Waals surface area contributed by atoms with Gasteiger partial charge in [-0.3, -0.25) is 4.79 Å². The van der Waals surface area contributed by atoms with Crippen molar-refractivity contribution in [3.8, 4) is 5.75 Å². The van der Waals surface area contributed by atoms with Crippen LogP contribution in [0.4, 0.5) is 0 Å². The zero-order valence-electron chi connectivity index (χ0n) is 10.5. The number of carbonyl (C=O) groups is 2.